The van der Waals surface area contributed by atoms with Crippen molar-refractivity contribution in [1.29, 1.82) is 0 Å². The minimum absolute atomic E-state index is 0.00907. The van der Waals surface area contributed by atoms with Crippen molar-refractivity contribution in [2.75, 3.05) is 6.54 Å². The van der Waals surface area contributed by atoms with Crippen molar-refractivity contribution >= 4 is 16.8 Å². The molecule has 1 heterocycles. The Balaban J connectivity index is 2.16. The summed E-state index contributed by atoms with van der Waals surface area (Å²) in [5.74, 6) is 0.461. The van der Waals surface area contributed by atoms with Crippen LogP contribution >= 0.6 is 0 Å². The van der Waals surface area contributed by atoms with Crippen molar-refractivity contribution in [3.8, 4) is 0 Å². The fraction of sp³-hybridized carbons (Fsp3) is 0.308. The smallest absolute Gasteiger partial charge is 0.251 e. The zero-order valence-electron chi connectivity index (χ0n) is 9.58. The van der Waals surface area contributed by atoms with Gasteiger partial charge in [0.1, 0.15) is 0 Å². The van der Waals surface area contributed by atoms with Gasteiger partial charge in [-0.1, -0.05) is 19.9 Å². The number of aromatic nitrogens is 1. The molecule has 0 aliphatic rings. The van der Waals surface area contributed by atoms with Crippen LogP contribution in [0.25, 0.3) is 10.9 Å². The molecule has 0 atom stereocenters. The number of H-pyrrole nitrogens is 1. The highest BCUT2D eigenvalue weighted by atomic mass is 16.1. The molecule has 16 heavy (non-hydrogen) atoms. The largest absolute Gasteiger partial charge is 0.361 e. The van der Waals surface area contributed by atoms with Crippen LogP contribution in [-0.2, 0) is 0 Å². The Hall–Kier alpha value is -1.77. The van der Waals surface area contributed by atoms with Gasteiger partial charge in [0.05, 0.1) is 0 Å². The molecule has 84 valence electrons. The molecule has 1 aromatic carbocycles. The average Bonchev–Trinajstić information content (AvgIpc) is 2.72. The lowest BCUT2D eigenvalue weighted by molar-refractivity contribution is 0.0949. The van der Waals surface area contributed by atoms with Crippen LogP contribution < -0.4 is 5.32 Å². The fourth-order valence-electron chi connectivity index (χ4n) is 1.59. The first-order chi connectivity index (χ1) is 7.66. The number of hydrogen-bond donors (Lipinski definition) is 2. The van der Waals surface area contributed by atoms with Crippen LogP contribution in [-0.4, -0.2) is 17.4 Å². The molecule has 2 N–H and O–H groups in total. The molecule has 0 unspecified atom stereocenters. The van der Waals surface area contributed by atoms with E-state index in [0.29, 0.717) is 18.0 Å². The van der Waals surface area contributed by atoms with Gasteiger partial charge in [-0.2, -0.15) is 0 Å². The number of nitrogens with one attached hydrogen (secondary N) is 2. The lowest BCUT2D eigenvalue weighted by Gasteiger charge is -2.07. The van der Waals surface area contributed by atoms with Crippen molar-refractivity contribution in [3.63, 3.8) is 0 Å². The van der Waals surface area contributed by atoms with E-state index < -0.39 is 0 Å². The van der Waals surface area contributed by atoms with Gasteiger partial charge in [0.2, 0.25) is 0 Å². The van der Waals surface area contributed by atoms with Crippen LogP contribution in [0.4, 0.5) is 0 Å². The summed E-state index contributed by atoms with van der Waals surface area (Å²) in [5, 5.41) is 4.03. The number of carbonyl (C=O) groups is 1. The van der Waals surface area contributed by atoms with Crippen LogP contribution in [0.2, 0.25) is 0 Å². The third-order valence-corrected chi connectivity index (χ3v) is 2.49. The van der Waals surface area contributed by atoms with Crippen molar-refractivity contribution in [2.24, 2.45) is 5.92 Å². The van der Waals surface area contributed by atoms with E-state index in [-0.39, 0.29) is 5.91 Å². The monoisotopic (exact) mass is 216 g/mol. The second-order valence-corrected chi connectivity index (χ2v) is 4.38. The minimum Gasteiger partial charge on any atom is -0.361 e. The molecule has 3 nitrogen and oxygen atoms in total. The van der Waals surface area contributed by atoms with Crippen LogP contribution in [0.5, 0.6) is 0 Å². The van der Waals surface area contributed by atoms with E-state index in [4.69, 9.17) is 0 Å². The first-order valence-corrected chi connectivity index (χ1v) is 5.52. The highest BCUT2D eigenvalue weighted by molar-refractivity contribution is 5.97. The number of fused-ring (bicyclic) bond motifs is 1. The predicted molar refractivity (Wildman–Crippen MR) is 65.5 cm³/mol. The second kappa shape index (κ2) is 4.39. The number of benzene rings is 1. The zero-order valence-corrected chi connectivity index (χ0v) is 9.58. The summed E-state index contributed by atoms with van der Waals surface area (Å²) in [6.07, 6.45) is 1.88. The molecule has 0 bridgehead atoms. The molecule has 0 spiro atoms. The molecule has 0 radical (unpaired) electrons. The van der Waals surface area contributed by atoms with Crippen LogP contribution in [0.1, 0.15) is 24.2 Å². The number of carbonyl (C=O) groups excluding carboxylic acids is 1. The summed E-state index contributed by atoms with van der Waals surface area (Å²) in [5.41, 5.74) is 1.70. The Labute approximate surface area is 94.9 Å². The molecular weight excluding hydrogens is 200 g/mol. The molecule has 0 aliphatic heterocycles. The molecule has 1 aromatic heterocycles. The van der Waals surface area contributed by atoms with Gasteiger partial charge in [-0.15, -0.1) is 0 Å². The topological polar surface area (TPSA) is 44.9 Å². The highest BCUT2D eigenvalue weighted by Gasteiger charge is 2.06. The molecule has 0 aliphatic carbocycles. The number of aromatic amines is 1. The first-order valence-electron chi connectivity index (χ1n) is 5.52. The third-order valence-electron chi connectivity index (χ3n) is 2.49. The number of hydrogen-bond acceptors (Lipinski definition) is 1. The minimum atomic E-state index is -0.00907. The Morgan fingerprint density at radius 3 is 2.94 bits per heavy atom. The van der Waals surface area contributed by atoms with Gasteiger partial charge in [-0.05, 0) is 29.5 Å². The van der Waals surface area contributed by atoms with Gasteiger partial charge in [-0.25, -0.2) is 0 Å². The average molecular weight is 216 g/mol. The third kappa shape index (κ3) is 2.24. The molecule has 0 saturated heterocycles. The molecule has 0 saturated carbocycles. The van der Waals surface area contributed by atoms with Gasteiger partial charge in [0.25, 0.3) is 5.91 Å². The summed E-state index contributed by atoms with van der Waals surface area (Å²) in [7, 11) is 0. The summed E-state index contributed by atoms with van der Waals surface area (Å²) in [4.78, 5) is 14.9. The van der Waals surface area contributed by atoms with Gasteiger partial charge < -0.3 is 10.3 Å². The van der Waals surface area contributed by atoms with Crippen molar-refractivity contribution < 1.29 is 4.79 Å². The summed E-state index contributed by atoms with van der Waals surface area (Å²) >= 11 is 0. The van der Waals surface area contributed by atoms with Gasteiger partial charge in [-0.3, -0.25) is 4.79 Å². The lowest BCUT2D eigenvalue weighted by atomic mass is 10.1. The van der Waals surface area contributed by atoms with Crippen molar-refractivity contribution in [3.05, 3.63) is 36.0 Å². The maximum Gasteiger partial charge on any atom is 0.251 e. The van der Waals surface area contributed by atoms with Crippen LogP contribution in [0.15, 0.2) is 30.5 Å². The van der Waals surface area contributed by atoms with E-state index in [1.165, 1.54) is 0 Å². The van der Waals surface area contributed by atoms with E-state index in [1.807, 2.05) is 30.5 Å². The Morgan fingerprint density at radius 2 is 2.19 bits per heavy atom. The van der Waals surface area contributed by atoms with Crippen molar-refractivity contribution in [2.45, 2.75) is 13.8 Å². The van der Waals surface area contributed by atoms with Crippen LogP contribution in [0, 0.1) is 5.92 Å². The van der Waals surface area contributed by atoms with E-state index in [9.17, 15) is 4.79 Å². The lowest BCUT2D eigenvalue weighted by Crippen LogP contribution is -2.27. The SMILES string of the molecule is CC(C)CNC(=O)c1ccc2cc[nH]c2c1. The van der Waals surface area contributed by atoms with E-state index >= 15 is 0 Å². The highest BCUT2D eigenvalue weighted by Crippen LogP contribution is 2.13. The quantitative estimate of drug-likeness (QED) is 0.813. The van der Waals surface area contributed by atoms with E-state index in [0.717, 1.165) is 10.9 Å². The standard InChI is InChI=1S/C13H16N2O/c1-9(2)8-15-13(16)11-4-3-10-5-6-14-12(10)7-11/h3-7,9,14H,8H2,1-2H3,(H,15,16). The molecule has 3 heteroatoms. The Bertz CT molecular complexity index is 499. The van der Waals surface area contributed by atoms with Gasteiger partial charge in [0, 0.05) is 23.8 Å². The predicted octanol–water partition coefficient (Wildman–Crippen LogP) is 2.55. The second-order valence-electron chi connectivity index (χ2n) is 4.38. The van der Waals surface area contributed by atoms with Gasteiger partial charge >= 0.3 is 0 Å². The molecule has 2 aromatic rings. The first kappa shape index (κ1) is 10.7. The summed E-state index contributed by atoms with van der Waals surface area (Å²) in [6, 6.07) is 7.68. The van der Waals surface area contributed by atoms with E-state index in [2.05, 4.69) is 24.1 Å². The Kier molecular flexibility index (Phi) is 2.95. The number of rotatable bonds is 3. The van der Waals surface area contributed by atoms with E-state index in [1.54, 1.807) is 0 Å². The molecule has 0 fully saturated rings. The zero-order chi connectivity index (χ0) is 11.5. The Morgan fingerprint density at radius 1 is 1.38 bits per heavy atom. The molecule has 2 rings (SSSR count). The van der Waals surface area contributed by atoms with Crippen LogP contribution in [0.3, 0.4) is 0 Å². The normalized spacial score (nSPS) is 10.9. The van der Waals surface area contributed by atoms with Crippen molar-refractivity contribution in [1.82, 2.24) is 10.3 Å². The summed E-state index contributed by atoms with van der Waals surface area (Å²) < 4.78 is 0. The van der Waals surface area contributed by atoms with Gasteiger partial charge in [0.15, 0.2) is 0 Å². The molecule has 1 amide bonds. The summed E-state index contributed by atoms with van der Waals surface area (Å²) in [6.45, 7) is 4.87. The fourth-order valence-corrected chi connectivity index (χ4v) is 1.59. The molecular formula is C13H16N2O. The maximum absolute atomic E-state index is 11.8. The maximum atomic E-state index is 11.8. The number of amides is 1.